The second-order valence-electron chi connectivity index (χ2n) is 5.61. The van der Waals surface area contributed by atoms with Crippen molar-refractivity contribution >= 4 is 10.9 Å². The van der Waals surface area contributed by atoms with Gasteiger partial charge in [-0.15, -0.1) is 10.2 Å². The van der Waals surface area contributed by atoms with Crippen LogP contribution in [0, 0.1) is 6.92 Å². The molecule has 0 spiro atoms. The van der Waals surface area contributed by atoms with Crippen molar-refractivity contribution in [2.75, 3.05) is 0 Å². The van der Waals surface area contributed by atoms with Crippen LogP contribution in [0.5, 0.6) is 0 Å². The third-order valence-electron chi connectivity index (χ3n) is 3.77. The summed E-state index contributed by atoms with van der Waals surface area (Å²) in [6.45, 7) is 4.57. The summed E-state index contributed by atoms with van der Waals surface area (Å²) in [4.78, 5) is 15.5. The number of aromatic amines is 1. The molecule has 114 valence electrons. The van der Waals surface area contributed by atoms with E-state index in [1.54, 1.807) is 12.4 Å². The highest BCUT2D eigenvalue weighted by Crippen LogP contribution is 2.12. The van der Waals surface area contributed by atoms with Gasteiger partial charge < -0.3 is 14.9 Å². The quantitative estimate of drug-likeness (QED) is 0.770. The third-order valence-corrected chi connectivity index (χ3v) is 3.77. The van der Waals surface area contributed by atoms with Crippen molar-refractivity contribution in [1.29, 1.82) is 0 Å². The Labute approximate surface area is 128 Å². The van der Waals surface area contributed by atoms with Crippen LogP contribution in [0.3, 0.4) is 0 Å². The van der Waals surface area contributed by atoms with Crippen LogP contribution in [0.15, 0.2) is 35.4 Å². The average molecular weight is 297 g/mol. The van der Waals surface area contributed by atoms with Crippen LogP contribution in [-0.2, 0) is 13.6 Å². The summed E-state index contributed by atoms with van der Waals surface area (Å²) < 4.78 is 1.88. The lowest BCUT2D eigenvalue weighted by Gasteiger charge is -2.13. The average Bonchev–Trinajstić information content (AvgIpc) is 2.92. The highest BCUT2D eigenvalue weighted by atomic mass is 16.1. The smallest absolute Gasteiger partial charge is 0.189 e. The van der Waals surface area contributed by atoms with Crippen LogP contribution < -0.4 is 10.7 Å². The van der Waals surface area contributed by atoms with Gasteiger partial charge in [0, 0.05) is 36.3 Å². The zero-order chi connectivity index (χ0) is 15.7. The Morgan fingerprint density at radius 3 is 2.91 bits per heavy atom. The van der Waals surface area contributed by atoms with Crippen molar-refractivity contribution in [2.45, 2.75) is 26.4 Å². The molecule has 1 atom stereocenters. The van der Waals surface area contributed by atoms with Crippen LogP contribution in [0.25, 0.3) is 10.9 Å². The molecule has 6 heteroatoms. The van der Waals surface area contributed by atoms with Gasteiger partial charge in [0.05, 0.1) is 6.04 Å². The maximum absolute atomic E-state index is 12.2. The minimum atomic E-state index is 0.0422. The summed E-state index contributed by atoms with van der Waals surface area (Å²) in [7, 11) is 1.91. The first-order valence-electron chi connectivity index (χ1n) is 7.24. The molecule has 3 aromatic rings. The van der Waals surface area contributed by atoms with Crippen LogP contribution in [-0.4, -0.2) is 19.7 Å². The molecule has 0 amide bonds. The predicted octanol–water partition coefficient (Wildman–Crippen LogP) is 1.82. The van der Waals surface area contributed by atoms with Crippen molar-refractivity contribution in [1.82, 2.24) is 25.1 Å². The zero-order valence-electron chi connectivity index (χ0n) is 12.9. The minimum Gasteiger partial charge on any atom is -0.357 e. The fourth-order valence-corrected chi connectivity index (χ4v) is 2.55. The van der Waals surface area contributed by atoms with Gasteiger partial charge >= 0.3 is 0 Å². The van der Waals surface area contributed by atoms with E-state index >= 15 is 0 Å². The first kappa shape index (κ1) is 14.5. The number of rotatable bonds is 4. The highest BCUT2D eigenvalue weighted by Gasteiger charge is 2.11. The molecule has 1 unspecified atom stereocenters. The Morgan fingerprint density at radius 2 is 2.18 bits per heavy atom. The fraction of sp³-hybridized carbons (Fsp3) is 0.312. The van der Waals surface area contributed by atoms with Gasteiger partial charge in [0.25, 0.3) is 0 Å². The summed E-state index contributed by atoms with van der Waals surface area (Å²) >= 11 is 0. The Hall–Kier alpha value is -2.47. The maximum atomic E-state index is 12.2. The van der Waals surface area contributed by atoms with E-state index in [-0.39, 0.29) is 11.5 Å². The summed E-state index contributed by atoms with van der Waals surface area (Å²) in [5.41, 5.74) is 2.84. The van der Waals surface area contributed by atoms with Gasteiger partial charge in [-0.25, -0.2) is 0 Å². The molecule has 0 saturated carbocycles. The Bertz CT molecular complexity index is 864. The van der Waals surface area contributed by atoms with E-state index < -0.39 is 0 Å². The van der Waals surface area contributed by atoms with Crippen LogP contribution in [0.1, 0.15) is 30.0 Å². The van der Waals surface area contributed by atoms with Gasteiger partial charge in [-0.3, -0.25) is 4.79 Å². The summed E-state index contributed by atoms with van der Waals surface area (Å²) in [5.74, 6) is 0.860. The molecule has 0 radical (unpaired) electrons. The van der Waals surface area contributed by atoms with Crippen molar-refractivity contribution in [3.63, 3.8) is 0 Å². The number of pyridine rings is 1. The van der Waals surface area contributed by atoms with E-state index in [0.29, 0.717) is 6.54 Å². The van der Waals surface area contributed by atoms with E-state index in [4.69, 9.17) is 0 Å². The number of aromatic nitrogens is 4. The molecule has 2 aromatic heterocycles. The Balaban J connectivity index is 1.81. The van der Waals surface area contributed by atoms with Crippen LogP contribution in [0.4, 0.5) is 0 Å². The molecule has 0 bridgehead atoms. The number of fused-ring (bicyclic) bond motifs is 1. The van der Waals surface area contributed by atoms with Gasteiger partial charge in [-0.2, -0.15) is 0 Å². The number of H-pyrrole nitrogens is 1. The predicted molar refractivity (Wildman–Crippen MR) is 85.6 cm³/mol. The second-order valence-corrected chi connectivity index (χ2v) is 5.61. The number of nitrogens with zero attached hydrogens (tertiary/aromatic N) is 3. The molecule has 0 aliphatic carbocycles. The van der Waals surface area contributed by atoms with E-state index in [2.05, 4.69) is 20.5 Å². The molecule has 0 aliphatic heterocycles. The van der Waals surface area contributed by atoms with Gasteiger partial charge in [-0.05, 0) is 26.0 Å². The lowest BCUT2D eigenvalue weighted by atomic mass is 10.1. The first-order chi connectivity index (χ1) is 10.5. The fourth-order valence-electron chi connectivity index (χ4n) is 2.55. The summed E-state index contributed by atoms with van der Waals surface area (Å²) in [5, 5.41) is 12.0. The lowest BCUT2D eigenvalue weighted by Crippen LogP contribution is -2.22. The van der Waals surface area contributed by atoms with Gasteiger partial charge in [0.1, 0.15) is 12.2 Å². The molecule has 0 saturated heterocycles. The first-order valence-corrected chi connectivity index (χ1v) is 7.24. The largest absolute Gasteiger partial charge is 0.357 e. The Kier molecular flexibility index (Phi) is 3.77. The minimum absolute atomic E-state index is 0.0422. The Morgan fingerprint density at radius 1 is 1.36 bits per heavy atom. The van der Waals surface area contributed by atoms with Crippen molar-refractivity contribution in [2.24, 2.45) is 7.05 Å². The molecule has 2 heterocycles. The van der Waals surface area contributed by atoms with E-state index in [0.717, 1.165) is 28.0 Å². The highest BCUT2D eigenvalue weighted by molar-refractivity contribution is 5.79. The lowest BCUT2D eigenvalue weighted by molar-refractivity contribution is 0.524. The second kappa shape index (κ2) is 5.73. The SMILES string of the molecule is Cc1ccc2[nH]c(CNC(C)c3nncn3C)cc(=O)c2c1. The van der Waals surface area contributed by atoms with E-state index in [1.807, 2.05) is 43.7 Å². The molecule has 0 fully saturated rings. The van der Waals surface area contributed by atoms with Gasteiger partial charge in [0.15, 0.2) is 5.43 Å². The maximum Gasteiger partial charge on any atom is 0.189 e. The third kappa shape index (κ3) is 2.78. The standard InChI is InChI=1S/C16H19N5O/c1-10-4-5-14-13(6-10)15(22)7-12(19-14)8-17-11(2)16-20-18-9-21(16)3/h4-7,9,11,17H,8H2,1-3H3,(H,19,22). The van der Waals surface area contributed by atoms with Gasteiger partial charge in [0.2, 0.25) is 0 Å². The molecule has 6 nitrogen and oxygen atoms in total. The molecular formula is C16H19N5O. The van der Waals surface area contributed by atoms with Crippen molar-refractivity contribution in [3.8, 4) is 0 Å². The number of aryl methyl sites for hydroxylation is 2. The molecular weight excluding hydrogens is 278 g/mol. The summed E-state index contributed by atoms with van der Waals surface area (Å²) in [6.07, 6.45) is 1.67. The number of nitrogens with one attached hydrogen (secondary N) is 2. The normalized spacial score (nSPS) is 12.7. The monoisotopic (exact) mass is 297 g/mol. The number of hydrogen-bond acceptors (Lipinski definition) is 4. The molecule has 1 aromatic carbocycles. The van der Waals surface area contributed by atoms with Crippen LogP contribution >= 0.6 is 0 Å². The molecule has 3 rings (SSSR count). The van der Waals surface area contributed by atoms with Crippen molar-refractivity contribution < 1.29 is 0 Å². The van der Waals surface area contributed by atoms with Crippen molar-refractivity contribution in [3.05, 3.63) is 57.9 Å². The topological polar surface area (TPSA) is 75.6 Å². The zero-order valence-corrected chi connectivity index (χ0v) is 12.9. The van der Waals surface area contributed by atoms with Gasteiger partial charge in [-0.1, -0.05) is 11.6 Å². The van der Waals surface area contributed by atoms with E-state index in [1.165, 1.54) is 0 Å². The van der Waals surface area contributed by atoms with E-state index in [9.17, 15) is 4.79 Å². The van der Waals surface area contributed by atoms with Crippen LogP contribution in [0.2, 0.25) is 0 Å². The molecule has 22 heavy (non-hydrogen) atoms. The number of hydrogen-bond donors (Lipinski definition) is 2. The number of benzene rings is 1. The molecule has 0 aliphatic rings. The molecule has 2 N–H and O–H groups in total. The summed E-state index contributed by atoms with van der Waals surface area (Å²) in [6, 6.07) is 7.55.